The highest BCUT2D eigenvalue weighted by Gasteiger charge is 2.31. The number of rotatable bonds is 4. The number of nitrogens with two attached hydrogens (primary N) is 1. The minimum absolute atomic E-state index is 0.231. The van der Waals surface area contributed by atoms with Crippen molar-refractivity contribution in [1.82, 2.24) is 5.43 Å². The maximum atomic E-state index is 6.09. The van der Waals surface area contributed by atoms with Gasteiger partial charge in [-0.1, -0.05) is 56.3 Å². The monoisotopic (exact) mass is 266 g/mol. The molecule has 0 spiro atoms. The molecule has 1 fully saturated rings. The Labute approximate surface area is 115 Å². The molecule has 3 N–H and O–H groups in total. The van der Waals surface area contributed by atoms with Crippen LogP contribution in [0, 0.1) is 11.8 Å². The molecule has 0 aromatic heterocycles. The Balaban J connectivity index is 2.21. The number of halogens is 1. The molecule has 3 heteroatoms. The molecule has 0 aliphatic heterocycles. The molecule has 2 nitrogen and oxygen atoms in total. The Kier molecular flexibility index (Phi) is 5.04. The van der Waals surface area contributed by atoms with Crippen LogP contribution in [0.2, 0.25) is 5.02 Å². The Morgan fingerprint density at radius 2 is 2.17 bits per heavy atom. The first-order valence-electron chi connectivity index (χ1n) is 6.97. The molecule has 0 bridgehead atoms. The molecule has 1 aromatic rings. The minimum atomic E-state index is 0.231. The van der Waals surface area contributed by atoms with Gasteiger partial charge in [-0.3, -0.25) is 11.3 Å². The van der Waals surface area contributed by atoms with Crippen LogP contribution in [0.15, 0.2) is 24.3 Å². The smallest absolute Gasteiger partial charge is 0.0491 e. The van der Waals surface area contributed by atoms with Gasteiger partial charge in [-0.2, -0.15) is 0 Å². The lowest BCUT2D eigenvalue weighted by atomic mass is 9.72. The van der Waals surface area contributed by atoms with Crippen LogP contribution in [0.4, 0.5) is 0 Å². The van der Waals surface area contributed by atoms with Crippen molar-refractivity contribution in [3.8, 4) is 0 Å². The van der Waals surface area contributed by atoms with Gasteiger partial charge >= 0.3 is 0 Å². The average molecular weight is 267 g/mol. The summed E-state index contributed by atoms with van der Waals surface area (Å²) in [6.45, 7) is 2.29. The van der Waals surface area contributed by atoms with Crippen LogP contribution in [0.3, 0.4) is 0 Å². The van der Waals surface area contributed by atoms with Crippen molar-refractivity contribution in [3.63, 3.8) is 0 Å². The topological polar surface area (TPSA) is 38.0 Å². The van der Waals surface area contributed by atoms with Crippen molar-refractivity contribution >= 4 is 11.6 Å². The quantitative estimate of drug-likeness (QED) is 0.637. The SMILES string of the molecule is CCC1CCCCC1C(NN)c1cccc(Cl)c1. The molecule has 1 aromatic carbocycles. The van der Waals surface area contributed by atoms with Gasteiger partial charge in [-0.25, -0.2) is 0 Å². The number of benzene rings is 1. The summed E-state index contributed by atoms with van der Waals surface area (Å²) in [4.78, 5) is 0. The summed E-state index contributed by atoms with van der Waals surface area (Å²) in [5.74, 6) is 7.22. The van der Waals surface area contributed by atoms with Crippen LogP contribution in [-0.2, 0) is 0 Å². The van der Waals surface area contributed by atoms with Gasteiger partial charge in [0.15, 0.2) is 0 Å². The lowest BCUT2D eigenvalue weighted by Gasteiger charge is -2.36. The summed E-state index contributed by atoms with van der Waals surface area (Å²) in [5, 5.41) is 0.789. The summed E-state index contributed by atoms with van der Waals surface area (Å²) < 4.78 is 0. The van der Waals surface area contributed by atoms with Crippen molar-refractivity contribution in [3.05, 3.63) is 34.9 Å². The van der Waals surface area contributed by atoms with E-state index in [-0.39, 0.29) is 6.04 Å². The molecule has 3 unspecified atom stereocenters. The fourth-order valence-corrected chi connectivity index (χ4v) is 3.55. The van der Waals surface area contributed by atoms with Gasteiger partial charge in [0.05, 0.1) is 0 Å². The van der Waals surface area contributed by atoms with E-state index in [1.807, 2.05) is 18.2 Å². The standard InChI is InChI=1S/C15H23ClN2/c1-2-11-6-3-4-9-14(11)15(18-17)12-7-5-8-13(16)10-12/h5,7-8,10-11,14-15,18H,2-4,6,9,17H2,1H3. The van der Waals surface area contributed by atoms with Gasteiger partial charge in [0.25, 0.3) is 0 Å². The Morgan fingerprint density at radius 1 is 1.39 bits per heavy atom. The first-order chi connectivity index (χ1) is 8.76. The number of nitrogens with one attached hydrogen (secondary N) is 1. The number of hydrogen-bond acceptors (Lipinski definition) is 2. The molecule has 0 radical (unpaired) electrons. The van der Waals surface area contributed by atoms with Gasteiger partial charge in [-0.05, 0) is 36.0 Å². The lowest BCUT2D eigenvalue weighted by molar-refractivity contribution is 0.176. The summed E-state index contributed by atoms with van der Waals surface area (Å²) in [6, 6.07) is 8.31. The third kappa shape index (κ3) is 3.05. The van der Waals surface area contributed by atoms with Gasteiger partial charge in [0.2, 0.25) is 0 Å². The van der Waals surface area contributed by atoms with Crippen molar-refractivity contribution in [2.45, 2.75) is 45.1 Å². The molecular weight excluding hydrogens is 244 g/mol. The van der Waals surface area contributed by atoms with Gasteiger partial charge in [0, 0.05) is 11.1 Å². The second kappa shape index (κ2) is 6.55. The predicted molar refractivity (Wildman–Crippen MR) is 77.3 cm³/mol. The van der Waals surface area contributed by atoms with E-state index in [4.69, 9.17) is 17.4 Å². The highest BCUT2D eigenvalue weighted by Crippen LogP contribution is 2.40. The molecule has 0 saturated heterocycles. The molecule has 3 atom stereocenters. The summed E-state index contributed by atoms with van der Waals surface area (Å²) in [6.07, 6.45) is 6.52. The van der Waals surface area contributed by atoms with E-state index in [1.165, 1.54) is 37.7 Å². The third-order valence-corrected chi connectivity index (χ3v) is 4.54. The molecule has 18 heavy (non-hydrogen) atoms. The Bertz CT molecular complexity index is 381. The van der Waals surface area contributed by atoms with Crippen molar-refractivity contribution in [1.29, 1.82) is 0 Å². The first-order valence-corrected chi connectivity index (χ1v) is 7.35. The fraction of sp³-hybridized carbons (Fsp3) is 0.600. The summed E-state index contributed by atoms with van der Waals surface area (Å²) in [7, 11) is 0. The molecule has 0 amide bonds. The predicted octanol–water partition coefficient (Wildman–Crippen LogP) is 4.06. The molecule has 0 heterocycles. The van der Waals surface area contributed by atoms with Crippen LogP contribution in [0.5, 0.6) is 0 Å². The zero-order chi connectivity index (χ0) is 13.0. The fourth-order valence-electron chi connectivity index (χ4n) is 3.35. The van der Waals surface area contributed by atoms with E-state index in [0.717, 1.165) is 10.9 Å². The maximum Gasteiger partial charge on any atom is 0.0491 e. The minimum Gasteiger partial charge on any atom is -0.271 e. The van der Waals surface area contributed by atoms with Crippen molar-refractivity contribution in [2.24, 2.45) is 17.7 Å². The van der Waals surface area contributed by atoms with E-state index in [0.29, 0.717) is 5.92 Å². The molecular formula is C15H23ClN2. The molecule has 1 saturated carbocycles. The average Bonchev–Trinajstić information content (AvgIpc) is 2.40. The van der Waals surface area contributed by atoms with Crippen LogP contribution in [-0.4, -0.2) is 0 Å². The molecule has 2 rings (SSSR count). The Morgan fingerprint density at radius 3 is 2.83 bits per heavy atom. The second-order valence-electron chi connectivity index (χ2n) is 5.32. The first kappa shape index (κ1) is 13.9. The van der Waals surface area contributed by atoms with Gasteiger partial charge in [-0.15, -0.1) is 0 Å². The van der Waals surface area contributed by atoms with E-state index >= 15 is 0 Å². The van der Waals surface area contributed by atoms with Crippen LogP contribution in [0.25, 0.3) is 0 Å². The van der Waals surface area contributed by atoms with Crippen molar-refractivity contribution < 1.29 is 0 Å². The largest absolute Gasteiger partial charge is 0.271 e. The van der Waals surface area contributed by atoms with E-state index < -0.39 is 0 Å². The zero-order valence-corrected chi connectivity index (χ0v) is 11.8. The van der Waals surface area contributed by atoms with E-state index in [9.17, 15) is 0 Å². The summed E-state index contributed by atoms with van der Waals surface area (Å²) in [5.41, 5.74) is 4.24. The van der Waals surface area contributed by atoms with Gasteiger partial charge < -0.3 is 0 Å². The van der Waals surface area contributed by atoms with E-state index in [2.05, 4.69) is 18.4 Å². The third-order valence-electron chi connectivity index (χ3n) is 4.31. The maximum absolute atomic E-state index is 6.09. The molecule has 100 valence electrons. The normalized spacial score (nSPS) is 25.9. The summed E-state index contributed by atoms with van der Waals surface area (Å²) >= 11 is 6.09. The second-order valence-corrected chi connectivity index (χ2v) is 5.75. The number of hydrogen-bond donors (Lipinski definition) is 2. The highest BCUT2D eigenvalue weighted by molar-refractivity contribution is 6.30. The van der Waals surface area contributed by atoms with Crippen LogP contribution in [0.1, 0.15) is 50.6 Å². The van der Waals surface area contributed by atoms with Crippen LogP contribution < -0.4 is 11.3 Å². The van der Waals surface area contributed by atoms with Gasteiger partial charge in [0.1, 0.15) is 0 Å². The molecule has 1 aliphatic carbocycles. The molecule has 1 aliphatic rings. The number of hydrazine groups is 1. The highest BCUT2D eigenvalue weighted by atomic mass is 35.5. The van der Waals surface area contributed by atoms with Crippen LogP contribution >= 0.6 is 11.6 Å². The van der Waals surface area contributed by atoms with E-state index in [1.54, 1.807) is 0 Å². The lowest BCUT2D eigenvalue weighted by Crippen LogP contribution is -2.38. The van der Waals surface area contributed by atoms with Crippen molar-refractivity contribution in [2.75, 3.05) is 0 Å². The zero-order valence-electron chi connectivity index (χ0n) is 11.0. The Hall–Kier alpha value is -0.570.